The molecular weight excluding hydrogens is 442 g/mol. The van der Waals surface area contributed by atoms with E-state index in [9.17, 15) is 4.79 Å². The van der Waals surface area contributed by atoms with E-state index in [-0.39, 0.29) is 11.8 Å². The van der Waals surface area contributed by atoms with Crippen LogP contribution in [0.4, 0.5) is 0 Å². The van der Waals surface area contributed by atoms with Crippen molar-refractivity contribution >= 4 is 5.91 Å². The molecule has 4 aromatic rings. The van der Waals surface area contributed by atoms with Gasteiger partial charge in [-0.15, -0.1) is 0 Å². The maximum atomic E-state index is 12.7. The summed E-state index contributed by atoms with van der Waals surface area (Å²) < 4.78 is 7.62. The van der Waals surface area contributed by atoms with E-state index >= 15 is 0 Å². The number of amides is 1. The molecule has 0 fully saturated rings. The van der Waals surface area contributed by atoms with Gasteiger partial charge in [-0.3, -0.25) is 9.78 Å². The number of carbonyl (C=O) groups excluding carboxylic acids is 1. The van der Waals surface area contributed by atoms with Gasteiger partial charge < -0.3 is 9.84 Å². The molecule has 178 valence electrons. The van der Waals surface area contributed by atoms with E-state index in [1.165, 1.54) is 11.3 Å². The van der Waals surface area contributed by atoms with E-state index in [1.807, 2.05) is 41.9 Å². The molecule has 0 spiro atoms. The van der Waals surface area contributed by atoms with Crippen LogP contribution in [0.2, 0.25) is 0 Å². The molecular formula is C26H27N7O2. The van der Waals surface area contributed by atoms with Crippen LogP contribution in [-0.2, 0) is 25.7 Å². The molecule has 1 aromatic carbocycles. The predicted octanol–water partition coefficient (Wildman–Crippen LogP) is 3.61. The Kier molecular flexibility index (Phi) is 5.60. The third kappa shape index (κ3) is 4.11. The first-order valence-electron chi connectivity index (χ1n) is 12.3. The van der Waals surface area contributed by atoms with Gasteiger partial charge in [0.2, 0.25) is 0 Å². The Bertz CT molecular complexity index is 1380. The summed E-state index contributed by atoms with van der Waals surface area (Å²) in [4.78, 5) is 26.3. The van der Waals surface area contributed by atoms with Crippen molar-refractivity contribution in [3.05, 3.63) is 70.7 Å². The molecule has 1 N–H and O–H groups in total. The molecule has 3 aromatic heterocycles. The maximum absolute atomic E-state index is 12.7. The van der Waals surface area contributed by atoms with Crippen LogP contribution in [0.5, 0.6) is 0 Å². The standard InChI is InChI=1S/C26H27N7O2/c1-16(14-28-25(34)21-15-27-19-11-5-6-12-20(19)29-21)24-30-26(35-32-24)23-18-10-7-13-22(18)33(31-23)17-8-3-2-4-9-17/h2-4,8-9,15-16H,5-7,10-14H2,1H3,(H,28,34). The Morgan fingerprint density at radius 2 is 1.89 bits per heavy atom. The van der Waals surface area contributed by atoms with Gasteiger partial charge in [0.25, 0.3) is 11.8 Å². The Labute approximate surface area is 203 Å². The van der Waals surface area contributed by atoms with Gasteiger partial charge in [0, 0.05) is 23.7 Å². The van der Waals surface area contributed by atoms with E-state index in [0.717, 1.165) is 67.7 Å². The molecule has 1 unspecified atom stereocenters. The fourth-order valence-corrected chi connectivity index (χ4v) is 4.91. The quantitative estimate of drug-likeness (QED) is 0.459. The zero-order valence-corrected chi connectivity index (χ0v) is 19.7. The molecule has 3 heterocycles. The van der Waals surface area contributed by atoms with Crippen LogP contribution >= 0.6 is 0 Å². The molecule has 9 heteroatoms. The van der Waals surface area contributed by atoms with E-state index in [2.05, 4.69) is 25.4 Å². The molecule has 0 saturated heterocycles. The van der Waals surface area contributed by atoms with E-state index in [1.54, 1.807) is 6.20 Å². The van der Waals surface area contributed by atoms with Crippen LogP contribution in [0, 0.1) is 0 Å². The SMILES string of the molecule is CC(CNC(=O)c1cnc2c(n1)CCCC2)c1noc(-c2nn(-c3ccccc3)c3c2CCC3)n1. The van der Waals surface area contributed by atoms with Crippen LogP contribution in [0.3, 0.4) is 0 Å². The first-order chi connectivity index (χ1) is 17.2. The number of nitrogens with zero attached hydrogens (tertiary/aromatic N) is 6. The molecule has 1 atom stereocenters. The minimum Gasteiger partial charge on any atom is -0.350 e. The van der Waals surface area contributed by atoms with Gasteiger partial charge in [-0.25, -0.2) is 9.67 Å². The summed E-state index contributed by atoms with van der Waals surface area (Å²) in [6.45, 7) is 2.33. The smallest absolute Gasteiger partial charge is 0.278 e. The van der Waals surface area contributed by atoms with Crippen molar-refractivity contribution in [3.63, 3.8) is 0 Å². The predicted molar refractivity (Wildman–Crippen MR) is 128 cm³/mol. The first-order valence-corrected chi connectivity index (χ1v) is 12.3. The number of carbonyl (C=O) groups is 1. The second kappa shape index (κ2) is 9.05. The number of aromatic nitrogens is 6. The summed E-state index contributed by atoms with van der Waals surface area (Å²) >= 11 is 0. The number of fused-ring (bicyclic) bond motifs is 2. The van der Waals surface area contributed by atoms with E-state index < -0.39 is 0 Å². The molecule has 0 saturated carbocycles. The fourth-order valence-electron chi connectivity index (χ4n) is 4.91. The van der Waals surface area contributed by atoms with Gasteiger partial charge in [0.05, 0.1) is 23.3 Å². The Balaban J connectivity index is 1.16. The first kappa shape index (κ1) is 21.6. The van der Waals surface area contributed by atoms with Gasteiger partial charge in [-0.1, -0.05) is 30.3 Å². The van der Waals surface area contributed by atoms with Crippen LogP contribution in [0.1, 0.15) is 71.1 Å². The molecule has 2 aliphatic rings. The summed E-state index contributed by atoms with van der Waals surface area (Å²) in [5.41, 5.74) is 6.48. The van der Waals surface area contributed by atoms with Gasteiger partial charge in [-0.05, 0) is 57.1 Å². The highest BCUT2D eigenvalue weighted by atomic mass is 16.5. The van der Waals surface area contributed by atoms with Gasteiger partial charge in [-0.2, -0.15) is 10.1 Å². The van der Waals surface area contributed by atoms with Crippen molar-refractivity contribution in [2.24, 2.45) is 0 Å². The molecule has 0 aliphatic heterocycles. The highest BCUT2D eigenvalue weighted by molar-refractivity contribution is 5.92. The maximum Gasteiger partial charge on any atom is 0.278 e. The van der Waals surface area contributed by atoms with Crippen LogP contribution in [0.25, 0.3) is 17.3 Å². The van der Waals surface area contributed by atoms with Crippen molar-refractivity contribution in [2.75, 3.05) is 6.54 Å². The van der Waals surface area contributed by atoms with Crippen molar-refractivity contribution in [3.8, 4) is 17.3 Å². The summed E-state index contributed by atoms with van der Waals surface area (Å²) in [6, 6.07) is 10.1. The molecule has 0 bridgehead atoms. The summed E-state index contributed by atoms with van der Waals surface area (Å²) in [5, 5.41) is 12.0. The second-order valence-electron chi connectivity index (χ2n) is 9.30. The van der Waals surface area contributed by atoms with Crippen LogP contribution in [-0.4, -0.2) is 42.3 Å². The lowest BCUT2D eigenvalue weighted by molar-refractivity contribution is 0.0945. The number of hydrogen-bond donors (Lipinski definition) is 1. The number of benzene rings is 1. The lowest BCUT2D eigenvalue weighted by Crippen LogP contribution is -2.29. The number of para-hydroxylation sites is 1. The Morgan fingerprint density at radius 3 is 2.74 bits per heavy atom. The summed E-state index contributed by atoms with van der Waals surface area (Å²) in [5.74, 6) is 0.594. The highest BCUT2D eigenvalue weighted by Crippen LogP contribution is 2.33. The van der Waals surface area contributed by atoms with Crippen LogP contribution in [0.15, 0.2) is 41.1 Å². The number of nitrogens with one attached hydrogen (secondary N) is 1. The normalized spacial score (nSPS) is 15.5. The second-order valence-corrected chi connectivity index (χ2v) is 9.30. The zero-order valence-electron chi connectivity index (χ0n) is 19.7. The average molecular weight is 470 g/mol. The monoisotopic (exact) mass is 469 g/mol. The summed E-state index contributed by atoms with van der Waals surface area (Å²) in [7, 11) is 0. The molecule has 2 aliphatic carbocycles. The number of rotatable bonds is 6. The molecule has 35 heavy (non-hydrogen) atoms. The number of hydrogen-bond acceptors (Lipinski definition) is 7. The minimum absolute atomic E-state index is 0.133. The average Bonchev–Trinajstić information content (AvgIpc) is 3.64. The zero-order chi connectivity index (χ0) is 23.8. The van der Waals surface area contributed by atoms with E-state index in [0.29, 0.717) is 24.0 Å². The third-order valence-electron chi connectivity index (χ3n) is 6.83. The fraction of sp³-hybridized carbons (Fsp3) is 0.385. The minimum atomic E-state index is -0.235. The van der Waals surface area contributed by atoms with Gasteiger partial charge in [0.1, 0.15) is 5.69 Å². The van der Waals surface area contributed by atoms with Gasteiger partial charge >= 0.3 is 0 Å². The topological polar surface area (TPSA) is 112 Å². The van der Waals surface area contributed by atoms with E-state index in [4.69, 9.17) is 9.62 Å². The summed E-state index contributed by atoms with van der Waals surface area (Å²) in [6.07, 6.45) is 8.63. The Hall–Kier alpha value is -3.88. The highest BCUT2D eigenvalue weighted by Gasteiger charge is 2.28. The van der Waals surface area contributed by atoms with Crippen LogP contribution < -0.4 is 5.32 Å². The molecule has 6 rings (SSSR count). The van der Waals surface area contributed by atoms with Crippen molar-refractivity contribution in [1.29, 1.82) is 0 Å². The lowest BCUT2D eigenvalue weighted by Gasteiger charge is -2.14. The largest absolute Gasteiger partial charge is 0.350 e. The van der Waals surface area contributed by atoms with Crippen molar-refractivity contribution < 1.29 is 9.32 Å². The Morgan fingerprint density at radius 1 is 1.06 bits per heavy atom. The molecule has 0 radical (unpaired) electrons. The lowest BCUT2D eigenvalue weighted by atomic mass is 10.0. The van der Waals surface area contributed by atoms with Crippen molar-refractivity contribution in [2.45, 2.75) is 57.8 Å². The number of aryl methyl sites for hydroxylation is 2. The molecule has 1 amide bonds. The third-order valence-corrected chi connectivity index (χ3v) is 6.83. The van der Waals surface area contributed by atoms with Crippen molar-refractivity contribution in [1.82, 2.24) is 35.2 Å². The van der Waals surface area contributed by atoms with Gasteiger partial charge in [0.15, 0.2) is 11.5 Å². The molecule has 9 nitrogen and oxygen atoms in total.